The Morgan fingerprint density at radius 2 is 1.70 bits per heavy atom. The van der Waals surface area contributed by atoms with Crippen LogP contribution in [0.15, 0.2) is 48.5 Å². The molecule has 1 fully saturated rings. The lowest BCUT2D eigenvalue weighted by Gasteiger charge is -2.45. The molecular formula is C37H57N5O5. The Labute approximate surface area is 281 Å². The van der Waals surface area contributed by atoms with Crippen molar-refractivity contribution in [3.63, 3.8) is 0 Å². The van der Waals surface area contributed by atoms with Crippen LogP contribution in [0.4, 0.5) is 5.69 Å². The van der Waals surface area contributed by atoms with E-state index in [9.17, 15) is 14.7 Å². The first-order valence-corrected chi connectivity index (χ1v) is 17.3. The van der Waals surface area contributed by atoms with Crippen molar-refractivity contribution in [3.8, 4) is 5.75 Å². The lowest BCUT2D eigenvalue weighted by molar-refractivity contribution is -0.133. The van der Waals surface area contributed by atoms with Crippen molar-refractivity contribution in [2.24, 2.45) is 17.6 Å². The third kappa shape index (κ3) is 9.25. The number of piperidine rings is 1. The molecule has 0 unspecified atom stereocenters. The number of likely N-dealkylation sites (tertiary alicyclic amines) is 1. The van der Waals surface area contributed by atoms with Gasteiger partial charge in [-0.1, -0.05) is 44.2 Å². The number of aliphatic hydroxyl groups is 1. The van der Waals surface area contributed by atoms with Crippen molar-refractivity contribution in [1.29, 1.82) is 0 Å². The molecule has 0 aliphatic carbocycles. The van der Waals surface area contributed by atoms with E-state index in [4.69, 9.17) is 15.2 Å². The number of aliphatic hydroxyl groups excluding tert-OH is 1. The third-order valence-corrected chi connectivity index (χ3v) is 10.3. The maximum atomic E-state index is 13.4. The second kappa shape index (κ2) is 16.8. The molecule has 47 heavy (non-hydrogen) atoms. The summed E-state index contributed by atoms with van der Waals surface area (Å²) in [5.41, 5.74) is 8.98. The van der Waals surface area contributed by atoms with Crippen LogP contribution in [0.2, 0.25) is 0 Å². The van der Waals surface area contributed by atoms with E-state index >= 15 is 0 Å². The Morgan fingerprint density at radius 3 is 2.43 bits per heavy atom. The second-order valence-corrected chi connectivity index (χ2v) is 14.2. The highest BCUT2D eigenvalue weighted by atomic mass is 16.5. The SMILES string of the molecule is COCCCCOc1ccccc1C(=O)NC[C@@H](C[C@H](N)[C@@H](O)CNC(=O)C(C)(C)N1CCC2(CC1)CNc1ccccc12)C(C)C. The summed E-state index contributed by atoms with van der Waals surface area (Å²) in [6.45, 7) is 12.3. The number of ether oxygens (including phenoxy) is 2. The van der Waals surface area contributed by atoms with Crippen LogP contribution in [-0.4, -0.2) is 92.6 Å². The highest BCUT2D eigenvalue weighted by Crippen LogP contribution is 2.44. The topological polar surface area (TPSA) is 138 Å². The molecule has 2 aliphatic rings. The molecule has 2 aromatic rings. The minimum absolute atomic E-state index is 0.0359. The highest BCUT2D eigenvalue weighted by Gasteiger charge is 2.45. The number of fused-ring (bicyclic) bond motifs is 2. The number of nitrogens with two attached hydrogens (primary N) is 1. The lowest BCUT2D eigenvalue weighted by Crippen LogP contribution is -2.60. The third-order valence-electron chi connectivity index (χ3n) is 10.3. The molecule has 260 valence electrons. The normalized spacial score (nSPS) is 17.9. The Morgan fingerprint density at radius 1 is 1.02 bits per heavy atom. The predicted molar refractivity (Wildman–Crippen MR) is 187 cm³/mol. The van der Waals surface area contributed by atoms with E-state index < -0.39 is 17.7 Å². The van der Waals surface area contributed by atoms with Crippen LogP contribution in [0.3, 0.4) is 0 Å². The van der Waals surface area contributed by atoms with Crippen LogP contribution in [0.5, 0.6) is 5.75 Å². The number of amides is 2. The average Bonchev–Trinajstić information content (AvgIpc) is 3.42. The number of rotatable bonds is 17. The molecule has 0 saturated carbocycles. The standard InChI is InChI=1S/C37H57N5O5/c1-26(2)27(23-39-34(44)28-12-6-9-15-33(28)47-21-11-10-20-46-5)22-30(38)32(43)24-40-35(45)36(3,4)42-18-16-37(17-19-42)25-41-31-14-8-7-13-29(31)37/h6-9,12-15,26-27,30,32,41,43H,10-11,16-25,38H2,1-5H3,(H,39,44)(H,40,45)/t27-,30+,32+/m1/s1. The number of benzene rings is 2. The minimum Gasteiger partial charge on any atom is -0.493 e. The molecule has 2 heterocycles. The molecule has 10 nitrogen and oxygen atoms in total. The molecule has 4 rings (SSSR count). The van der Waals surface area contributed by atoms with Gasteiger partial charge in [0.2, 0.25) is 5.91 Å². The van der Waals surface area contributed by atoms with Crippen LogP contribution in [-0.2, 0) is 14.9 Å². The summed E-state index contributed by atoms with van der Waals surface area (Å²) < 4.78 is 11.0. The number of carbonyl (C=O) groups excluding carboxylic acids is 2. The van der Waals surface area contributed by atoms with Gasteiger partial charge >= 0.3 is 0 Å². The zero-order valence-corrected chi connectivity index (χ0v) is 29.0. The smallest absolute Gasteiger partial charge is 0.255 e. The fourth-order valence-electron chi connectivity index (χ4n) is 6.84. The van der Waals surface area contributed by atoms with Gasteiger partial charge in [0.05, 0.1) is 23.8 Å². The summed E-state index contributed by atoms with van der Waals surface area (Å²) in [7, 11) is 1.68. The molecule has 0 aromatic heterocycles. The van der Waals surface area contributed by atoms with Gasteiger partial charge in [-0.15, -0.1) is 0 Å². The van der Waals surface area contributed by atoms with Crippen LogP contribution in [0.25, 0.3) is 0 Å². The molecule has 1 saturated heterocycles. The zero-order valence-electron chi connectivity index (χ0n) is 29.0. The number of methoxy groups -OCH3 is 1. The Hall–Kier alpha value is -3.18. The van der Waals surface area contributed by atoms with Crippen molar-refractivity contribution in [3.05, 3.63) is 59.7 Å². The first-order valence-electron chi connectivity index (χ1n) is 17.3. The summed E-state index contributed by atoms with van der Waals surface area (Å²) in [6, 6.07) is 15.2. The second-order valence-electron chi connectivity index (χ2n) is 14.2. The summed E-state index contributed by atoms with van der Waals surface area (Å²) in [4.78, 5) is 28.8. The van der Waals surface area contributed by atoms with Gasteiger partial charge in [0.25, 0.3) is 5.91 Å². The molecule has 2 aromatic carbocycles. The molecule has 2 amide bonds. The van der Waals surface area contributed by atoms with E-state index in [1.807, 2.05) is 26.0 Å². The van der Waals surface area contributed by atoms with Crippen molar-refractivity contribution in [1.82, 2.24) is 15.5 Å². The number of anilines is 1. The largest absolute Gasteiger partial charge is 0.493 e. The number of para-hydroxylation sites is 2. The van der Waals surface area contributed by atoms with Crippen LogP contribution in [0.1, 0.15) is 75.7 Å². The minimum atomic E-state index is -0.912. The van der Waals surface area contributed by atoms with Crippen LogP contribution < -0.4 is 26.4 Å². The summed E-state index contributed by atoms with van der Waals surface area (Å²) >= 11 is 0. The zero-order chi connectivity index (χ0) is 34.0. The Balaban J connectivity index is 1.23. The molecule has 0 radical (unpaired) electrons. The van der Waals surface area contributed by atoms with Crippen molar-refractivity contribution in [2.45, 2.75) is 82.9 Å². The Kier molecular flexibility index (Phi) is 13.1. The van der Waals surface area contributed by atoms with E-state index in [-0.39, 0.29) is 35.6 Å². The summed E-state index contributed by atoms with van der Waals surface area (Å²) in [5, 5.41) is 20.6. The van der Waals surface area contributed by atoms with Crippen molar-refractivity contribution in [2.75, 3.05) is 58.4 Å². The molecule has 10 heteroatoms. The summed E-state index contributed by atoms with van der Waals surface area (Å²) in [5.74, 6) is 0.493. The maximum Gasteiger partial charge on any atom is 0.255 e. The molecule has 0 bridgehead atoms. The molecule has 3 atom stereocenters. The van der Waals surface area contributed by atoms with Gasteiger partial charge in [-0.25, -0.2) is 0 Å². The van der Waals surface area contributed by atoms with Gasteiger partial charge in [0, 0.05) is 63.6 Å². The van der Waals surface area contributed by atoms with Gasteiger partial charge in [0.1, 0.15) is 5.75 Å². The van der Waals surface area contributed by atoms with E-state index in [0.29, 0.717) is 37.5 Å². The summed E-state index contributed by atoms with van der Waals surface area (Å²) in [6.07, 6.45) is 3.29. The van der Waals surface area contributed by atoms with Crippen molar-refractivity contribution >= 4 is 17.5 Å². The van der Waals surface area contributed by atoms with E-state index in [0.717, 1.165) is 45.3 Å². The number of hydrogen-bond acceptors (Lipinski definition) is 8. The monoisotopic (exact) mass is 651 g/mol. The molecular weight excluding hydrogens is 594 g/mol. The first kappa shape index (κ1) is 36.7. The fraction of sp³-hybridized carbons (Fsp3) is 0.622. The average molecular weight is 652 g/mol. The molecule has 2 aliphatic heterocycles. The first-order chi connectivity index (χ1) is 22.5. The van der Waals surface area contributed by atoms with Crippen molar-refractivity contribution < 1.29 is 24.2 Å². The maximum absolute atomic E-state index is 13.4. The number of nitrogens with zero attached hydrogens (tertiary/aromatic N) is 1. The fourth-order valence-corrected chi connectivity index (χ4v) is 6.84. The molecule has 6 N–H and O–H groups in total. The van der Waals surface area contributed by atoms with Crippen LogP contribution in [0, 0.1) is 11.8 Å². The van der Waals surface area contributed by atoms with Crippen LogP contribution >= 0.6 is 0 Å². The Bertz CT molecular complexity index is 1310. The number of nitrogens with one attached hydrogen (secondary N) is 3. The number of carbonyl (C=O) groups is 2. The number of unbranched alkanes of at least 4 members (excludes halogenated alkanes) is 1. The van der Waals surface area contributed by atoms with E-state index in [2.05, 4.69) is 59.0 Å². The van der Waals surface area contributed by atoms with Gasteiger partial charge < -0.3 is 36.3 Å². The van der Waals surface area contributed by atoms with E-state index in [1.165, 1.54) is 11.3 Å². The quantitative estimate of drug-likeness (QED) is 0.162. The van der Waals surface area contributed by atoms with E-state index in [1.54, 1.807) is 19.2 Å². The lowest BCUT2D eigenvalue weighted by atomic mass is 9.73. The highest BCUT2D eigenvalue weighted by molar-refractivity contribution is 5.96. The van der Waals surface area contributed by atoms with Gasteiger partial charge in [-0.3, -0.25) is 14.5 Å². The molecule has 1 spiro atoms. The van der Waals surface area contributed by atoms with Gasteiger partial charge in [-0.2, -0.15) is 0 Å². The van der Waals surface area contributed by atoms with Gasteiger partial charge in [-0.05, 0) is 81.5 Å². The number of hydrogen-bond donors (Lipinski definition) is 5. The predicted octanol–water partition coefficient (Wildman–Crippen LogP) is 3.93. The van der Waals surface area contributed by atoms with Gasteiger partial charge in [0.15, 0.2) is 0 Å².